The lowest BCUT2D eigenvalue weighted by atomic mass is 10.1. The predicted octanol–water partition coefficient (Wildman–Crippen LogP) is 6.57. The van der Waals surface area contributed by atoms with Gasteiger partial charge in [-0.25, -0.2) is 13.6 Å². The minimum atomic E-state index is -4.13. The second-order valence-electron chi connectivity index (χ2n) is 8.00. The van der Waals surface area contributed by atoms with Crippen molar-refractivity contribution in [2.45, 2.75) is 70.1 Å². The summed E-state index contributed by atoms with van der Waals surface area (Å²) >= 11 is 1.22. The number of para-hydroxylation sites is 1. The normalized spacial score (nSPS) is 11.4. The van der Waals surface area contributed by atoms with Crippen LogP contribution < -0.4 is 15.2 Å². The molecule has 0 bridgehead atoms. The summed E-state index contributed by atoms with van der Waals surface area (Å²) < 4.78 is 30.8. The monoisotopic (exact) mass is 492 g/mol. The lowest BCUT2D eigenvalue weighted by molar-refractivity contribution is 0.108. The number of nitrogens with one attached hydrogen (secondary N) is 1. The molecule has 182 valence electrons. The van der Waals surface area contributed by atoms with Gasteiger partial charge in [0.25, 0.3) is 0 Å². The molecule has 0 aromatic heterocycles. The topological polar surface area (TPSA) is 98.5 Å². The van der Waals surface area contributed by atoms with E-state index in [4.69, 9.17) is 9.88 Å². The maximum atomic E-state index is 12.9. The maximum absolute atomic E-state index is 12.9. The van der Waals surface area contributed by atoms with Crippen molar-refractivity contribution in [2.24, 2.45) is 5.14 Å². The number of carbonyl (C=O) groups excluding carboxylic acids is 1. The van der Waals surface area contributed by atoms with Gasteiger partial charge in [-0.2, -0.15) is 0 Å². The molecular weight excluding hydrogens is 456 g/mol. The van der Waals surface area contributed by atoms with Crippen molar-refractivity contribution in [3.63, 3.8) is 0 Å². The van der Waals surface area contributed by atoms with Gasteiger partial charge >= 0.3 is 0 Å². The van der Waals surface area contributed by atoms with Gasteiger partial charge in [0.2, 0.25) is 15.1 Å². The first-order chi connectivity index (χ1) is 15.9. The molecule has 0 fully saturated rings. The number of hydrogen-bond acceptors (Lipinski definition) is 6. The van der Waals surface area contributed by atoms with E-state index < -0.39 is 10.0 Å². The molecule has 0 unspecified atom stereocenters. The Morgan fingerprint density at radius 1 is 0.970 bits per heavy atom. The Morgan fingerprint density at radius 2 is 1.64 bits per heavy atom. The fourth-order valence-electron chi connectivity index (χ4n) is 3.30. The van der Waals surface area contributed by atoms with Crippen LogP contribution in [0.15, 0.2) is 47.4 Å². The SMILES string of the molecule is CCCCCCCCSC(=O)c1cc(NCCCC)c(Oc2ccccc2)c(S(N)(=O)=O)c1. The van der Waals surface area contributed by atoms with Crippen molar-refractivity contribution >= 4 is 32.6 Å². The molecule has 0 saturated carbocycles. The fourth-order valence-corrected chi connectivity index (χ4v) is 4.82. The summed E-state index contributed by atoms with van der Waals surface area (Å²) in [6.45, 7) is 4.87. The van der Waals surface area contributed by atoms with Crippen LogP contribution in [0, 0.1) is 0 Å². The third-order valence-corrected chi connectivity index (χ3v) is 7.04. The first-order valence-electron chi connectivity index (χ1n) is 11.7. The molecule has 0 aliphatic rings. The molecule has 2 rings (SSSR count). The Hall–Kier alpha value is -2.03. The minimum absolute atomic E-state index is 0.109. The Labute approximate surface area is 202 Å². The highest BCUT2D eigenvalue weighted by Crippen LogP contribution is 2.38. The Kier molecular flexibility index (Phi) is 11.8. The van der Waals surface area contributed by atoms with Crippen molar-refractivity contribution in [2.75, 3.05) is 17.6 Å². The molecule has 0 heterocycles. The number of primary sulfonamides is 1. The highest BCUT2D eigenvalue weighted by molar-refractivity contribution is 8.14. The van der Waals surface area contributed by atoms with E-state index >= 15 is 0 Å². The number of unbranched alkanes of at least 4 members (excludes halogenated alkanes) is 6. The van der Waals surface area contributed by atoms with Gasteiger partial charge in [-0.3, -0.25) is 4.79 Å². The number of benzene rings is 2. The van der Waals surface area contributed by atoms with E-state index in [-0.39, 0.29) is 15.8 Å². The van der Waals surface area contributed by atoms with Crippen molar-refractivity contribution < 1.29 is 17.9 Å². The zero-order valence-corrected chi connectivity index (χ0v) is 21.3. The first-order valence-corrected chi connectivity index (χ1v) is 14.2. The van der Waals surface area contributed by atoms with Gasteiger partial charge in [0.15, 0.2) is 5.75 Å². The molecule has 0 aliphatic heterocycles. The van der Waals surface area contributed by atoms with Gasteiger partial charge < -0.3 is 10.1 Å². The summed E-state index contributed by atoms with van der Waals surface area (Å²) in [6.07, 6.45) is 8.76. The van der Waals surface area contributed by atoms with Crippen molar-refractivity contribution in [3.05, 3.63) is 48.0 Å². The predicted molar refractivity (Wildman–Crippen MR) is 138 cm³/mol. The summed E-state index contributed by atoms with van der Waals surface area (Å²) in [5.74, 6) is 1.30. The second kappa shape index (κ2) is 14.3. The molecule has 0 saturated heterocycles. The molecule has 2 aromatic carbocycles. The number of sulfonamides is 1. The zero-order chi connectivity index (χ0) is 24.1. The van der Waals surface area contributed by atoms with Crippen molar-refractivity contribution in [1.29, 1.82) is 0 Å². The fraction of sp³-hybridized carbons (Fsp3) is 0.480. The van der Waals surface area contributed by atoms with Gasteiger partial charge in [-0.05, 0) is 37.1 Å². The smallest absolute Gasteiger partial charge is 0.241 e. The number of hydrogen-bond donors (Lipinski definition) is 2. The summed E-state index contributed by atoms with van der Waals surface area (Å²) in [6, 6.07) is 11.9. The van der Waals surface area contributed by atoms with Crippen LogP contribution >= 0.6 is 11.8 Å². The Morgan fingerprint density at radius 3 is 2.30 bits per heavy atom. The second-order valence-corrected chi connectivity index (χ2v) is 10.6. The molecule has 6 nitrogen and oxygen atoms in total. The lowest BCUT2D eigenvalue weighted by Crippen LogP contribution is -2.16. The van der Waals surface area contributed by atoms with Crippen LogP contribution in [0.1, 0.15) is 75.6 Å². The molecule has 0 radical (unpaired) electrons. The number of anilines is 1. The molecular formula is C25H36N2O4S2. The third-order valence-electron chi connectivity index (χ3n) is 5.14. The molecule has 8 heteroatoms. The van der Waals surface area contributed by atoms with E-state index in [2.05, 4.69) is 19.2 Å². The van der Waals surface area contributed by atoms with Gasteiger partial charge in [-0.1, -0.05) is 82.3 Å². The van der Waals surface area contributed by atoms with Crippen LogP contribution in [0.4, 0.5) is 5.69 Å². The van der Waals surface area contributed by atoms with Crippen molar-refractivity contribution in [3.8, 4) is 11.5 Å². The van der Waals surface area contributed by atoms with Crippen LogP contribution in [0.25, 0.3) is 0 Å². The van der Waals surface area contributed by atoms with Crippen LogP contribution in [-0.4, -0.2) is 25.8 Å². The largest absolute Gasteiger partial charge is 0.454 e. The number of thioether (sulfide) groups is 1. The van der Waals surface area contributed by atoms with Crippen molar-refractivity contribution in [1.82, 2.24) is 0 Å². The molecule has 0 spiro atoms. The van der Waals surface area contributed by atoms with Gasteiger partial charge in [0.1, 0.15) is 10.6 Å². The van der Waals surface area contributed by atoms with E-state index in [0.717, 1.165) is 25.7 Å². The molecule has 2 aromatic rings. The maximum Gasteiger partial charge on any atom is 0.241 e. The molecule has 0 aliphatic carbocycles. The summed E-state index contributed by atoms with van der Waals surface area (Å²) in [5, 5.41) is 8.59. The highest BCUT2D eigenvalue weighted by atomic mass is 32.2. The summed E-state index contributed by atoms with van der Waals surface area (Å²) in [5.41, 5.74) is 0.747. The zero-order valence-electron chi connectivity index (χ0n) is 19.6. The third kappa shape index (κ3) is 9.39. The number of carbonyl (C=O) groups is 1. The molecule has 3 N–H and O–H groups in total. The van der Waals surface area contributed by atoms with E-state index in [0.29, 0.717) is 29.3 Å². The Balaban J connectivity index is 2.26. The van der Waals surface area contributed by atoms with Crippen LogP contribution in [0.5, 0.6) is 11.5 Å². The quantitative estimate of drug-likeness (QED) is 0.273. The average molecular weight is 493 g/mol. The van der Waals surface area contributed by atoms with Crippen LogP contribution in [-0.2, 0) is 10.0 Å². The lowest BCUT2D eigenvalue weighted by Gasteiger charge is -2.17. The number of ether oxygens (including phenoxy) is 1. The summed E-state index contributed by atoms with van der Waals surface area (Å²) in [7, 11) is -4.13. The minimum Gasteiger partial charge on any atom is -0.454 e. The number of rotatable bonds is 15. The highest BCUT2D eigenvalue weighted by Gasteiger charge is 2.23. The van der Waals surface area contributed by atoms with Crippen LogP contribution in [0.3, 0.4) is 0 Å². The van der Waals surface area contributed by atoms with E-state index in [1.54, 1.807) is 30.3 Å². The van der Waals surface area contributed by atoms with Gasteiger partial charge in [0.05, 0.1) is 5.69 Å². The van der Waals surface area contributed by atoms with Gasteiger partial charge in [-0.15, -0.1) is 0 Å². The van der Waals surface area contributed by atoms with E-state index in [1.165, 1.54) is 43.5 Å². The van der Waals surface area contributed by atoms with Gasteiger partial charge in [0, 0.05) is 17.9 Å². The number of nitrogens with two attached hydrogens (primary N) is 1. The molecule has 33 heavy (non-hydrogen) atoms. The van der Waals surface area contributed by atoms with E-state index in [9.17, 15) is 13.2 Å². The first kappa shape index (κ1) is 27.2. The van der Waals surface area contributed by atoms with Crippen LogP contribution in [0.2, 0.25) is 0 Å². The summed E-state index contributed by atoms with van der Waals surface area (Å²) in [4.78, 5) is 12.7. The van der Waals surface area contributed by atoms with E-state index in [1.807, 2.05) is 6.07 Å². The standard InChI is InChI=1S/C25H36N2O4S2/c1-3-5-7-8-9-13-17-32-25(28)20-18-22(27-16-6-4-2)24(23(19-20)33(26,29)30)31-21-14-11-10-12-15-21/h10-12,14-15,18-19,27H,3-9,13,16-17H2,1-2H3,(H2,26,29,30). The molecule has 0 amide bonds. The Bertz CT molecular complexity index is 979. The average Bonchev–Trinajstić information content (AvgIpc) is 2.79. The molecule has 0 atom stereocenters.